The first-order valence-corrected chi connectivity index (χ1v) is 9.29. The van der Waals surface area contributed by atoms with Gasteiger partial charge in [0.15, 0.2) is 0 Å². The fraction of sp³-hybridized carbons (Fsp3) is 0.421. The van der Waals surface area contributed by atoms with Gasteiger partial charge in [0, 0.05) is 10.9 Å². The molecule has 4 nitrogen and oxygen atoms in total. The Bertz CT molecular complexity index is 655. The molecule has 0 radical (unpaired) electrons. The van der Waals surface area contributed by atoms with Gasteiger partial charge in [0.2, 0.25) is 5.91 Å². The molecule has 1 aliphatic rings. The summed E-state index contributed by atoms with van der Waals surface area (Å²) in [6.07, 6.45) is 2.01. The number of hydrogen-bond acceptors (Lipinski definition) is 4. The van der Waals surface area contributed by atoms with E-state index in [-0.39, 0.29) is 24.6 Å². The van der Waals surface area contributed by atoms with E-state index in [1.165, 1.54) is 5.56 Å². The smallest absolute Gasteiger partial charge is 0.234 e. The fourth-order valence-corrected chi connectivity index (χ4v) is 4.04. The Morgan fingerprint density at radius 1 is 1.38 bits per heavy atom. The van der Waals surface area contributed by atoms with Gasteiger partial charge in [-0.15, -0.1) is 11.3 Å². The van der Waals surface area contributed by atoms with Crippen molar-refractivity contribution in [3.05, 3.63) is 57.8 Å². The maximum absolute atomic E-state index is 12.6. The summed E-state index contributed by atoms with van der Waals surface area (Å²) < 4.78 is 0. The van der Waals surface area contributed by atoms with Crippen molar-refractivity contribution < 1.29 is 9.90 Å². The summed E-state index contributed by atoms with van der Waals surface area (Å²) in [6.45, 7) is 3.41. The second kappa shape index (κ2) is 7.92. The van der Waals surface area contributed by atoms with Gasteiger partial charge in [-0.2, -0.15) is 0 Å². The van der Waals surface area contributed by atoms with Crippen molar-refractivity contribution >= 4 is 17.2 Å². The van der Waals surface area contributed by atoms with Crippen LogP contribution in [0.15, 0.2) is 41.8 Å². The molecule has 1 fully saturated rings. The molecular formula is C19H24N2O2S. The highest BCUT2D eigenvalue weighted by atomic mass is 32.1. The summed E-state index contributed by atoms with van der Waals surface area (Å²) in [5.74, 6) is 0.00863. The second-order valence-electron chi connectivity index (χ2n) is 6.38. The number of rotatable bonds is 6. The molecule has 2 heterocycles. The predicted octanol–water partition coefficient (Wildman–Crippen LogP) is 2.72. The summed E-state index contributed by atoms with van der Waals surface area (Å²) in [4.78, 5) is 15.8. The summed E-state index contributed by atoms with van der Waals surface area (Å²) in [5, 5.41) is 14.6. The van der Waals surface area contributed by atoms with Crippen LogP contribution >= 0.6 is 11.3 Å². The molecule has 0 aliphatic carbocycles. The van der Waals surface area contributed by atoms with Gasteiger partial charge in [-0.05, 0) is 43.3 Å². The van der Waals surface area contributed by atoms with Crippen LogP contribution in [0, 0.1) is 6.92 Å². The number of carbonyl (C=O) groups excluding carboxylic acids is 1. The van der Waals surface area contributed by atoms with Gasteiger partial charge < -0.3 is 10.4 Å². The van der Waals surface area contributed by atoms with Crippen LogP contribution in [0.3, 0.4) is 0 Å². The minimum absolute atomic E-state index is 0.00863. The molecule has 0 bridgehead atoms. The number of aryl methyl sites for hydroxylation is 1. The van der Waals surface area contributed by atoms with E-state index in [1.807, 2.05) is 11.4 Å². The number of aliphatic hydroxyl groups excluding tert-OH is 1. The van der Waals surface area contributed by atoms with E-state index in [9.17, 15) is 9.90 Å². The monoisotopic (exact) mass is 344 g/mol. The third-order valence-electron chi connectivity index (χ3n) is 4.60. The molecule has 1 aliphatic heterocycles. The number of amides is 1. The molecule has 2 aromatic rings. The van der Waals surface area contributed by atoms with E-state index < -0.39 is 0 Å². The Hall–Kier alpha value is -1.69. The number of nitrogens with zero attached hydrogens (tertiary/aromatic N) is 1. The lowest BCUT2D eigenvalue weighted by Gasteiger charge is -2.24. The van der Waals surface area contributed by atoms with E-state index in [2.05, 4.69) is 47.5 Å². The van der Waals surface area contributed by atoms with Gasteiger partial charge in [-0.3, -0.25) is 9.69 Å². The van der Waals surface area contributed by atoms with Gasteiger partial charge in [-0.25, -0.2) is 0 Å². The highest BCUT2D eigenvalue weighted by Crippen LogP contribution is 2.26. The van der Waals surface area contributed by atoms with Crippen molar-refractivity contribution in [2.24, 2.45) is 0 Å². The molecule has 5 heteroatoms. The number of thiophene rings is 1. The van der Waals surface area contributed by atoms with E-state index in [1.54, 1.807) is 11.3 Å². The van der Waals surface area contributed by atoms with Crippen LogP contribution in [-0.4, -0.2) is 41.7 Å². The molecule has 1 saturated heterocycles. The summed E-state index contributed by atoms with van der Waals surface area (Å²) in [6, 6.07) is 12.4. The molecular weight excluding hydrogens is 320 g/mol. The minimum Gasteiger partial charge on any atom is -0.395 e. The molecule has 2 atom stereocenters. The van der Waals surface area contributed by atoms with Crippen molar-refractivity contribution in [1.82, 2.24) is 10.2 Å². The molecule has 1 aromatic heterocycles. The zero-order valence-corrected chi connectivity index (χ0v) is 14.8. The third kappa shape index (κ3) is 4.04. The standard InChI is InChI=1S/C19H24N2O2S/c1-14-6-8-15(9-7-14)19(17-5-3-11-24-17)20-18(23)12-21-10-2-4-16(21)13-22/h3,5-9,11,16,19,22H,2,4,10,12-13H2,1H3,(H,20,23)/t16-,19?/m1/s1. The van der Waals surface area contributed by atoms with Crippen LogP contribution in [0.4, 0.5) is 0 Å². The SMILES string of the molecule is Cc1ccc(C(NC(=O)CN2CCC[C@@H]2CO)c2cccs2)cc1. The van der Waals surface area contributed by atoms with Crippen LogP contribution in [0.1, 0.15) is 34.9 Å². The Kier molecular flexibility index (Phi) is 5.66. The first kappa shape index (κ1) is 17.1. The summed E-state index contributed by atoms with van der Waals surface area (Å²) in [5.41, 5.74) is 2.30. The topological polar surface area (TPSA) is 52.6 Å². The molecule has 1 amide bonds. The lowest BCUT2D eigenvalue weighted by Crippen LogP contribution is -2.42. The lowest BCUT2D eigenvalue weighted by atomic mass is 10.0. The van der Waals surface area contributed by atoms with Gasteiger partial charge >= 0.3 is 0 Å². The molecule has 1 aromatic carbocycles. The van der Waals surface area contributed by atoms with Crippen LogP contribution in [0.2, 0.25) is 0 Å². The van der Waals surface area contributed by atoms with Crippen molar-refractivity contribution in [3.63, 3.8) is 0 Å². The maximum atomic E-state index is 12.6. The van der Waals surface area contributed by atoms with E-state index in [0.717, 1.165) is 29.8 Å². The minimum atomic E-state index is -0.117. The number of carbonyl (C=O) groups is 1. The second-order valence-corrected chi connectivity index (χ2v) is 7.36. The molecule has 128 valence electrons. The molecule has 0 spiro atoms. The summed E-state index contributed by atoms with van der Waals surface area (Å²) in [7, 11) is 0. The maximum Gasteiger partial charge on any atom is 0.234 e. The molecule has 0 saturated carbocycles. The van der Waals surface area contributed by atoms with Gasteiger partial charge in [0.25, 0.3) is 0 Å². The average molecular weight is 344 g/mol. The van der Waals surface area contributed by atoms with Crippen LogP contribution < -0.4 is 5.32 Å². The fourth-order valence-electron chi connectivity index (χ4n) is 3.23. The Balaban J connectivity index is 1.72. The highest BCUT2D eigenvalue weighted by molar-refractivity contribution is 7.10. The third-order valence-corrected chi connectivity index (χ3v) is 5.54. The molecule has 2 N–H and O–H groups in total. The first-order chi connectivity index (χ1) is 11.7. The quantitative estimate of drug-likeness (QED) is 0.847. The van der Waals surface area contributed by atoms with Crippen molar-refractivity contribution in [2.45, 2.75) is 31.8 Å². The predicted molar refractivity (Wildman–Crippen MR) is 97.2 cm³/mol. The van der Waals surface area contributed by atoms with Gasteiger partial charge in [0.1, 0.15) is 0 Å². The van der Waals surface area contributed by atoms with Crippen molar-refractivity contribution in [2.75, 3.05) is 19.7 Å². The van der Waals surface area contributed by atoms with Crippen molar-refractivity contribution in [1.29, 1.82) is 0 Å². The zero-order valence-electron chi connectivity index (χ0n) is 13.9. The lowest BCUT2D eigenvalue weighted by molar-refractivity contribution is -0.123. The number of hydrogen-bond donors (Lipinski definition) is 2. The molecule has 3 rings (SSSR count). The average Bonchev–Trinajstić information content (AvgIpc) is 3.25. The Morgan fingerprint density at radius 3 is 2.83 bits per heavy atom. The molecule has 1 unspecified atom stereocenters. The zero-order chi connectivity index (χ0) is 16.9. The first-order valence-electron chi connectivity index (χ1n) is 8.41. The van der Waals surface area contributed by atoms with Crippen molar-refractivity contribution in [3.8, 4) is 0 Å². The summed E-state index contributed by atoms with van der Waals surface area (Å²) >= 11 is 1.65. The van der Waals surface area contributed by atoms with Gasteiger partial charge in [-0.1, -0.05) is 35.9 Å². The number of likely N-dealkylation sites (tertiary alicyclic amines) is 1. The van der Waals surface area contributed by atoms with Crippen LogP contribution in [0.5, 0.6) is 0 Å². The number of nitrogens with one attached hydrogen (secondary N) is 1. The van der Waals surface area contributed by atoms with E-state index >= 15 is 0 Å². The van der Waals surface area contributed by atoms with E-state index in [0.29, 0.717) is 6.54 Å². The Morgan fingerprint density at radius 2 is 2.17 bits per heavy atom. The number of aliphatic hydroxyl groups is 1. The normalized spacial score (nSPS) is 19.3. The Labute approximate surface area is 147 Å². The number of benzene rings is 1. The largest absolute Gasteiger partial charge is 0.395 e. The van der Waals surface area contributed by atoms with Gasteiger partial charge in [0.05, 0.1) is 19.2 Å². The van der Waals surface area contributed by atoms with E-state index in [4.69, 9.17) is 0 Å². The highest BCUT2D eigenvalue weighted by Gasteiger charge is 2.26. The van der Waals surface area contributed by atoms with Crippen LogP contribution in [-0.2, 0) is 4.79 Å². The molecule has 24 heavy (non-hydrogen) atoms. The van der Waals surface area contributed by atoms with Crippen LogP contribution in [0.25, 0.3) is 0 Å².